The van der Waals surface area contributed by atoms with Gasteiger partial charge in [0.1, 0.15) is 17.8 Å². The third-order valence-electron chi connectivity index (χ3n) is 5.85. The molecule has 2 aromatic carbocycles. The van der Waals surface area contributed by atoms with Gasteiger partial charge in [0.05, 0.1) is 12.2 Å². The lowest BCUT2D eigenvalue weighted by molar-refractivity contribution is -0.129. The van der Waals surface area contributed by atoms with E-state index in [1.54, 1.807) is 31.2 Å². The van der Waals surface area contributed by atoms with Crippen molar-refractivity contribution in [1.29, 1.82) is 0 Å². The number of hydrogen-bond acceptors (Lipinski definition) is 5. The number of ether oxygens (including phenoxy) is 1. The predicted molar refractivity (Wildman–Crippen MR) is 135 cm³/mol. The van der Waals surface area contributed by atoms with Crippen LogP contribution in [0.5, 0.6) is 5.75 Å². The van der Waals surface area contributed by atoms with Gasteiger partial charge >= 0.3 is 0 Å². The monoisotopic (exact) mass is 494 g/mol. The maximum Gasteiger partial charge on any atom is 0.255 e. The number of nitrogens with one attached hydrogen (secondary N) is 4. The van der Waals surface area contributed by atoms with Gasteiger partial charge in [0.25, 0.3) is 5.91 Å². The van der Waals surface area contributed by atoms with Crippen LogP contribution < -0.4 is 26.0 Å². The lowest BCUT2D eigenvalue weighted by Crippen LogP contribution is -2.49. The Labute approximate surface area is 211 Å². The van der Waals surface area contributed by atoms with Crippen molar-refractivity contribution in [3.05, 3.63) is 65.7 Å². The minimum Gasteiger partial charge on any atom is -0.493 e. The molecule has 9 heteroatoms. The fourth-order valence-corrected chi connectivity index (χ4v) is 3.83. The third-order valence-corrected chi connectivity index (χ3v) is 5.85. The Morgan fingerprint density at radius 1 is 1.03 bits per heavy atom. The van der Waals surface area contributed by atoms with Gasteiger partial charge < -0.3 is 26.0 Å². The molecule has 0 aromatic heterocycles. The molecule has 0 saturated heterocycles. The van der Waals surface area contributed by atoms with Crippen LogP contribution >= 0.6 is 0 Å². The van der Waals surface area contributed by atoms with Crippen molar-refractivity contribution >= 4 is 23.6 Å². The van der Waals surface area contributed by atoms with Crippen molar-refractivity contribution in [2.75, 3.05) is 19.7 Å². The van der Waals surface area contributed by atoms with E-state index in [-0.39, 0.29) is 37.2 Å². The van der Waals surface area contributed by atoms with E-state index in [2.05, 4.69) is 21.3 Å². The number of rotatable bonds is 5. The van der Waals surface area contributed by atoms with E-state index in [9.17, 15) is 19.2 Å². The summed E-state index contributed by atoms with van der Waals surface area (Å²) >= 11 is 0. The second-order valence-corrected chi connectivity index (χ2v) is 8.72. The van der Waals surface area contributed by atoms with Crippen LogP contribution in [0, 0.1) is 0 Å². The normalized spacial score (nSPS) is 19.6. The largest absolute Gasteiger partial charge is 0.493 e. The van der Waals surface area contributed by atoms with Crippen LogP contribution in [-0.4, -0.2) is 55.4 Å². The molecule has 0 radical (unpaired) electrons. The molecule has 1 heterocycles. The summed E-state index contributed by atoms with van der Waals surface area (Å²) < 4.78 is 5.77. The number of hydrogen-bond donors (Lipinski definition) is 4. The summed E-state index contributed by atoms with van der Waals surface area (Å²) in [6.45, 7) is 2.70. The molecular formula is C27H34N4O5. The number of amides is 4. The summed E-state index contributed by atoms with van der Waals surface area (Å²) in [6, 6.07) is 15.1. The van der Waals surface area contributed by atoms with E-state index in [4.69, 9.17) is 4.74 Å². The lowest BCUT2D eigenvalue weighted by Gasteiger charge is -2.21. The fourth-order valence-electron chi connectivity index (χ4n) is 3.83. The number of fused-ring (bicyclic) bond motifs is 1. The Balaban J connectivity index is 1.68. The van der Waals surface area contributed by atoms with E-state index in [0.717, 1.165) is 12.8 Å². The van der Waals surface area contributed by atoms with Crippen LogP contribution in [0.25, 0.3) is 0 Å². The molecule has 9 nitrogen and oxygen atoms in total. The number of carbonyl (C=O) groups is 4. The maximum atomic E-state index is 13.1. The summed E-state index contributed by atoms with van der Waals surface area (Å²) in [6.07, 6.45) is 2.12. The zero-order valence-electron chi connectivity index (χ0n) is 20.5. The smallest absolute Gasteiger partial charge is 0.255 e. The molecule has 1 aliphatic rings. The minimum atomic E-state index is -0.926. The SMILES string of the molecule is CC1NC(=O)CC[C@@H](C(=O)NCCCc2ccccc2)NC(=O)c2ccccc2OCCCNC1=O. The molecule has 4 amide bonds. The number of benzene rings is 2. The maximum absolute atomic E-state index is 13.1. The molecule has 36 heavy (non-hydrogen) atoms. The summed E-state index contributed by atoms with van der Waals surface area (Å²) in [4.78, 5) is 50.7. The Morgan fingerprint density at radius 3 is 2.58 bits per heavy atom. The Hall–Kier alpha value is -3.88. The van der Waals surface area contributed by atoms with Crippen molar-refractivity contribution in [2.45, 2.75) is 51.1 Å². The Morgan fingerprint density at radius 2 is 1.78 bits per heavy atom. The van der Waals surface area contributed by atoms with Crippen LogP contribution in [0.3, 0.4) is 0 Å². The van der Waals surface area contributed by atoms with E-state index in [0.29, 0.717) is 30.8 Å². The summed E-state index contributed by atoms with van der Waals surface area (Å²) in [5.41, 5.74) is 1.48. The number of aryl methyl sites for hydroxylation is 1. The standard InChI is InChI=1S/C27H34N4O5/c1-19-25(33)28-17-8-18-36-23-13-6-5-12-21(23)26(34)31-22(14-15-24(32)30-19)27(35)29-16-7-11-20-9-3-2-4-10-20/h2-6,9-10,12-13,19,22H,7-8,11,14-18H2,1H3,(H,28,33)(H,29,35)(H,30,32)(H,31,34)/t19?,22-/m0/s1. The van der Waals surface area contributed by atoms with Crippen molar-refractivity contribution in [2.24, 2.45) is 0 Å². The van der Waals surface area contributed by atoms with Crippen molar-refractivity contribution in [1.82, 2.24) is 21.3 Å². The van der Waals surface area contributed by atoms with Gasteiger partial charge in [0, 0.05) is 19.5 Å². The zero-order valence-corrected chi connectivity index (χ0v) is 20.5. The van der Waals surface area contributed by atoms with Crippen molar-refractivity contribution in [3.8, 4) is 5.75 Å². The highest BCUT2D eigenvalue weighted by atomic mass is 16.5. The summed E-state index contributed by atoms with van der Waals surface area (Å²) in [7, 11) is 0. The fraction of sp³-hybridized carbons (Fsp3) is 0.407. The van der Waals surface area contributed by atoms with Gasteiger partial charge in [-0.3, -0.25) is 19.2 Å². The second-order valence-electron chi connectivity index (χ2n) is 8.72. The first kappa shape index (κ1) is 26.7. The van der Waals surface area contributed by atoms with Crippen LogP contribution in [0.2, 0.25) is 0 Å². The molecule has 2 atom stereocenters. The molecule has 2 aromatic rings. The van der Waals surface area contributed by atoms with E-state index in [1.165, 1.54) is 5.56 Å². The first-order valence-electron chi connectivity index (χ1n) is 12.4. The topological polar surface area (TPSA) is 126 Å². The molecule has 1 aliphatic heterocycles. The first-order valence-corrected chi connectivity index (χ1v) is 12.4. The highest BCUT2D eigenvalue weighted by Crippen LogP contribution is 2.18. The van der Waals surface area contributed by atoms with Gasteiger partial charge in [0.2, 0.25) is 17.7 Å². The van der Waals surface area contributed by atoms with Crippen LogP contribution in [0.1, 0.15) is 48.5 Å². The van der Waals surface area contributed by atoms with Gasteiger partial charge in [-0.15, -0.1) is 0 Å². The van der Waals surface area contributed by atoms with Gasteiger partial charge in [-0.2, -0.15) is 0 Å². The zero-order chi connectivity index (χ0) is 25.8. The molecule has 3 rings (SSSR count). The quantitative estimate of drug-likeness (QED) is 0.471. The Kier molecular flexibility index (Phi) is 10.3. The van der Waals surface area contributed by atoms with Gasteiger partial charge in [-0.25, -0.2) is 0 Å². The molecule has 0 saturated carbocycles. The van der Waals surface area contributed by atoms with Crippen LogP contribution in [-0.2, 0) is 20.8 Å². The average molecular weight is 495 g/mol. The van der Waals surface area contributed by atoms with Crippen LogP contribution in [0.4, 0.5) is 0 Å². The predicted octanol–water partition coefficient (Wildman–Crippen LogP) is 1.72. The highest BCUT2D eigenvalue weighted by Gasteiger charge is 2.25. The van der Waals surface area contributed by atoms with E-state index in [1.807, 2.05) is 30.3 Å². The average Bonchev–Trinajstić information content (AvgIpc) is 2.88. The second kappa shape index (κ2) is 13.9. The number of para-hydroxylation sites is 1. The van der Waals surface area contributed by atoms with Gasteiger partial charge in [-0.05, 0) is 50.3 Å². The number of carbonyl (C=O) groups excluding carboxylic acids is 4. The van der Waals surface area contributed by atoms with Crippen molar-refractivity contribution < 1.29 is 23.9 Å². The molecule has 0 spiro atoms. The van der Waals surface area contributed by atoms with E-state index < -0.39 is 18.0 Å². The van der Waals surface area contributed by atoms with E-state index >= 15 is 0 Å². The molecular weight excluding hydrogens is 460 g/mol. The van der Waals surface area contributed by atoms with Crippen LogP contribution in [0.15, 0.2) is 54.6 Å². The third kappa shape index (κ3) is 8.41. The van der Waals surface area contributed by atoms with Gasteiger partial charge in [-0.1, -0.05) is 42.5 Å². The van der Waals surface area contributed by atoms with Gasteiger partial charge in [0.15, 0.2) is 0 Å². The van der Waals surface area contributed by atoms with Crippen molar-refractivity contribution in [3.63, 3.8) is 0 Å². The summed E-state index contributed by atoms with van der Waals surface area (Å²) in [5, 5.41) is 11.0. The molecule has 0 bridgehead atoms. The molecule has 0 fully saturated rings. The molecule has 192 valence electrons. The molecule has 1 unspecified atom stereocenters. The summed E-state index contributed by atoms with van der Waals surface area (Å²) in [5.74, 6) is -1.10. The minimum absolute atomic E-state index is 0.0296. The molecule has 0 aliphatic carbocycles. The molecule has 4 N–H and O–H groups in total. The lowest BCUT2D eigenvalue weighted by atomic mass is 10.1. The Bertz CT molecular complexity index is 1040. The highest BCUT2D eigenvalue weighted by molar-refractivity contribution is 5.99. The first-order chi connectivity index (χ1) is 17.4.